The van der Waals surface area contributed by atoms with Crippen LogP contribution in [-0.2, 0) is 6.54 Å². The van der Waals surface area contributed by atoms with Gasteiger partial charge in [0.05, 0.1) is 10.7 Å². The fraction of sp³-hybridized carbons (Fsp3) is 0.727. The first kappa shape index (κ1) is 11.0. The van der Waals surface area contributed by atoms with Gasteiger partial charge >= 0.3 is 0 Å². The topological polar surface area (TPSA) is 28.2 Å². The van der Waals surface area contributed by atoms with E-state index in [9.17, 15) is 0 Å². The van der Waals surface area contributed by atoms with Crippen LogP contribution in [0.2, 0.25) is 0 Å². The second-order valence-electron chi connectivity index (χ2n) is 4.35. The molecule has 1 aliphatic heterocycles. The van der Waals surface area contributed by atoms with E-state index in [1.165, 1.54) is 25.1 Å². The quantitative estimate of drug-likeness (QED) is 0.844. The second-order valence-corrected chi connectivity index (χ2v) is 5.41. The maximum Gasteiger partial charge on any atom is 0.0897 e. The highest BCUT2D eigenvalue weighted by molar-refractivity contribution is 7.09. The van der Waals surface area contributed by atoms with E-state index in [0.29, 0.717) is 6.04 Å². The van der Waals surface area contributed by atoms with Gasteiger partial charge in [-0.3, -0.25) is 4.90 Å². The van der Waals surface area contributed by atoms with Gasteiger partial charge in [0.2, 0.25) is 0 Å². The molecule has 0 unspecified atom stereocenters. The summed E-state index contributed by atoms with van der Waals surface area (Å²) in [6.45, 7) is 5.36. The minimum absolute atomic E-state index is 0.690. The number of nitrogens with one attached hydrogen (secondary N) is 1. The Hall–Kier alpha value is -0.450. The highest BCUT2D eigenvalue weighted by atomic mass is 32.1. The molecule has 4 heteroatoms. The van der Waals surface area contributed by atoms with Crippen molar-refractivity contribution in [3.63, 3.8) is 0 Å². The van der Waals surface area contributed by atoms with Crippen LogP contribution in [0.25, 0.3) is 0 Å². The van der Waals surface area contributed by atoms with E-state index >= 15 is 0 Å². The summed E-state index contributed by atoms with van der Waals surface area (Å²) in [5.74, 6) is 0. The van der Waals surface area contributed by atoms with Crippen LogP contribution in [0.4, 0.5) is 0 Å². The Bertz CT molecular complexity index is 305. The molecule has 1 aliphatic rings. The Kier molecular flexibility index (Phi) is 3.72. The highest BCUT2D eigenvalue weighted by Gasteiger charge is 2.16. The van der Waals surface area contributed by atoms with E-state index in [4.69, 9.17) is 0 Å². The number of nitrogens with zero attached hydrogens (tertiary/aromatic N) is 2. The molecule has 0 radical (unpaired) electrons. The van der Waals surface area contributed by atoms with Crippen molar-refractivity contribution in [2.75, 3.05) is 20.1 Å². The van der Waals surface area contributed by atoms with Gasteiger partial charge < -0.3 is 5.32 Å². The Morgan fingerprint density at radius 2 is 2.53 bits per heavy atom. The predicted molar refractivity (Wildman–Crippen MR) is 64.2 cm³/mol. The SMILES string of the molecule is Cc1nc(CN(C)C[C@H]2CCCN2)cs1. The molecule has 1 N–H and O–H groups in total. The summed E-state index contributed by atoms with van der Waals surface area (Å²) < 4.78 is 0. The molecule has 2 rings (SSSR count). The number of aromatic nitrogens is 1. The molecule has 0 amide bonds. The Morgan fingerprint density at radius 1 is 1.67 bits per heavy atom. The van der Waals surface area contributed by atoms with Gasteiger partial charge in [0.1, 0.15) is 0 Å². The lowest BCUT2D eigenvalue weighted by Crippen LogP contribution is -2.35. The molecule has 1 atom stereocenters. The van der Waals surface area contributed by atoms with Crippen LogP contribution in [0.15, 0.2) is 5.38 Å². The smallest absolute Gasteiger partial charge is 0.0897 e. The van der Waals surface area contributed by atoms with Gasteiger partial charge in [-0.1, -0.05) is 0 Å². The molecule has 0 saturated carbocycles. The summed E-state index contributed by atoms with van der Waals surface area (Å²) in [6.07, 6.45) is 2.65. The second kappa shape index (κ2) is 5.05. The predicted octanol–water partition coefficient (Wildman–Crippen LogP) is 1.64. The Labute approximate surface area is 95.5 Å². The highest BCUT2D eigenvalue weighted by Crippen LogP contribution is 2.11. The first-order valence-electron chi connectivity index (χ1n) is 5.57. The van der Waals surface area contributed by atoms with Crippen molar-refractivity contribution in [1.82, 2.24) is 15.2 Å². The summed E-state index contributed by atoms with van der Waals surface area (Å²) in [7, 11) is 2.18. The maximum atomic E-state index is 4.48. The summed E-state index contributed by atoms with van der Waals surface area (Å²) in [5.41, 5.74) is 1.21. The molecule has 0 aliphatic carbocycles. The largest absolute Gasteiger partial charge is 0.313 e. The van der Waals surface area contributed by atoms with E-state index in [0.717, 1.165) is 18.1 Å². The molecule has 1 aromatic rings. The minimum atomic E-state index is 0.690. The van der Waals surface area contributed by atoms with Crippen LogP contribution >= 0.6 is 11.3 Å². The lowest BCUT2D eigenvalue weighted by atomic mass is 10.2. The van der Waals surface area contributed by atoms with Crippen LogP contribution < -0.4 is 5.32 Å². The zero-order valence-corrected chi connectivity index (χ0v) is 10.3. The molecule has 15 heavy (non-hydrogen) atoms. The average Bonchev–Trinajstić information content (AvgIpc) is 2.77. The van der Waals surface area contributed by atoms with Gasteiger partial charge in [-0.05, 0) is 33.4 Å². The van der Waals surface area contributed by atoms with Crippen molar-refractivity contribution >= 4 is 11.3 Å². The third-order valence-corrected chi connectivity index (χ3v) is 3.62. The van der Waals surface area contributed by atoms with E-state index in [-0.39, 0.29) is 0 Å². The van der Waals surface area contributed by atoms with Gasteiger partial charge in [-0.15, -0.1) is 11.3 Å². The molecule has 2 heterocycles. The summed E-state index contributed by atoms with van der Waals surface area (Å²) in [4.78, 5) is 6.84. The maximum absolute atomic E-state index is 4.48. The Balaban J connectivity index is 1.78. The molecule has 0 spiro atoms. The monoisotopic (exact) mass is 225 g/mol. The van der Waals surface area contributed by atoms with Crippen molar-refractivity contribution in [1.29, 1.82) is 0 Å². The molecular formula is C11H19N3S. The summed E-state index contributed by atoms with van der Waals surface area (Å²) in [5, 5.41) is 6.84. The van der Waals surface area contributed by atoms with Crippen molar-refractivity contribution in [2.45, 2.75) is 32.4 Å². The normalized spacial score (nSPS) is 21.4. The van der Waals surface area contributed by atoms with E-state index in [1.807, 2.05) is 0 Å². The summed E-state index contributed by atoms with van der Waals surface area (Å²) in [6, 6.07) is 0.690. The molecule has 1 aromatic heterocycles. The zero-order valence-electron chi connectivity index (χ0n) is 9.49. The van der Waals surface area contributed by atoms with Gasteiger partial charge in [0.25, 0.3) is 0 Å². The van der Waals surface area contributed by atoms with Crippen LogP contribution in [0, 0.1) is 6.92 Å². The number of thiazole rings is 1. The number of hydrogen-bond donors (Lipinski definition) is 1. The lowest BCUT2D eigenvalue weighted by Gasteiger charge is -2.19. The fourth-order valence-electron chi connectivity index (χ4n) is 2.11. The zero-order chi connectivity index (χ0) is 10.7. The fourth-order valence-corrected chi connectivity index (χ4v) is 2.71. The lowest BCUT2D eigenvalue weighted by molar-refractivity contribution is 0.290. The molecule has 1 fully saturated rings. The van der Waals surface area contributed by atoms with Gasteiger partial charge in [0, 0.05) is 24.5 Å². The first-order valence-corrected chi connectivity index (χ1v) is 6.45. The molecule has 0 bridgehead atoms. The molecular weight excluding hydrogens is 206 g/mol. The van der Waals surface area contributed by atoms with E-state index in [2.05, 4.69) is 34.6 Å². The Morgan fingerprint density at radius 3 is 3.13 bits per heavy atom. The molecule has 0 aromatic carbocycles. The molecule has 3 nitrogen and oxygen atoms in total. The molecule has 1 saturated heterocycles. The van der Waals surface area contributed by atoms with E-state index < -0.39 is 0 Å². The van der Waals surface area contributed by atoms with E-state index in [1.54, 1.807) is 11.3 Å². The minimum Gasteiger partial charge on any atom is -0.313 e. The van der Waals surface area contributed by atoms with Gasteiger partial charge in [-0.2, -0.15) is 0 Å². The third-order valence-electron chi connectivity index (χ3n) is 2.79. The van der Waals surface area contributed by atoms with Gasteiger partial charge in [-0.25, -0.2) is 4.98 Å². The standard InChI is InChI=1S/C11H19N3S/c1-9-13-11(8-15-9)7-14(2)6-10-4-3-5-12-10/h8,10,12H,3-7H2,1-2H3/t10-/m1/s1. The van der Waals surface area contributed by atoms with Crippen LogP contribution in [0.1, 0.15) is 23.5 Å². The molecule has 84 valence electrons. The first-order chi connectivity index (χ1) is 7.24. The van der Waals surface area contributed by atoms with Crippen molar-refractivity contribution in [3.8, 4) is 0 Å². The number of aryl methyl sites for hydroxylation is 1. The number of hydrogen-bond acceptors (Lipinski definition) is 4. The third kappa shape index (κ3) is 3.26. The van der Waals surface area contributed by atoms with Crippen LogP contribution in [-0.4, -0.2) is 36.1 Å². The average molecular weight is 225 g/mol. The van der Waals surface area contributed by atoms with Gasteiger partial charge in [0.15, 0.2) is 0 Å². The van der Waals surface area contributed by atoms with Crippen molar-refractivity contribution in [3.05, 3.63) is 16.1 Å². The van der Waals surface area contributed by atoms with Crippen molar-refractivity contribution < 1.29 is 0 Å². The summed E-state index contributed by atoms with van der Waals surface area (Å²) >= 11 is 1.74. The van der Waals surface area contributed by atoms with Crippen LogP contribution in [0.5, 0.6) is 0 Å². The van der Waals surface area contributed by atoms with Crippen LogP contribution in [0.3, 0.4) is 0 Å². The van der Waals surface area contributed by atoms with Crippen molar-refractivity contribution in [2.24, 2.45) is 0 Å². The number of likely N-dealkylation sites (N-methyl/N-ethyl adjacent to an activating group) is 1. The number of rotatable bonds is 4.